The molecule has 0 aliphatic carbocycles. The molecule has 0 aliphatic heterocycles. The molecule has 0 amide bonds. The van der Waals surface area contributed by atoms with Crippen molar-refractivity contribution in [2.45, 2.75) is 6.54 Å². The highest BCUT2D eigenvalue weighted by Crippen LogP contribution is 2.15. The molecule has 0 aliphatic rings. The maximum atomic E-state index is 10.9. The molecule has 1 aromatic carbocycles. The molecular weight excluding hydrogens is 236 g/mol. The molecule has 1 rings (SSSR count). The summed E-state index contributed by atoms with van der Waals surface area (Å²) in [5.41, 5.74) is 1.14. The first-order valence-corrected chi connectivity index (χ1v) is 5.23. The van der Waals surface area contributed by atoms with Crippen LogP contribution in [0.1, 0.15) is 21.5 Å². The highest BCUT2D eigenvalue weighted by molar-refractivity contribution is 5.88. The van der Waals surface area contributed by atoms with Gasteiger partial charge in [-0.2, -0.15) is 0 Å². The predicted molar refractivity (Wildman–Crippen MR) is 66.8 cm³/mol. The maximum absolute atomic E-state index is 10.9. The van der Waals surface area contributed by atoms with Gasteiger partial charge in [0.15, 0.2) is 0 Å². The van der Waals surface area contributed by atoms with Crippen molar-refractivity contribution in [2.75, 3.05) is 14.1 Å². The van der Waals surface area contributed by atoms with Crippen LogP contribution in [-0.2, 0) is 6.54 Å². The molecule has 0 saturated heterocycles. The van der Waals surface area contributed by atoms with Crippen LogP contribution in [0.3, 0.4) is 0 Å². The summed E-state index contributed by atoms with van der Waals surface area (Å²) in [5.74, 6) is -1.05. The second-order valence-electron chi connectivity index (χ2n) is 3.99. The van der Waals surface area contributed by atoms with Gasteiger partial charge in [0, 0.05) is 24.6 Å². The highest BCUT2D eigenvalue weighted by Gasteiger charge is 2.10. The second-order valence-corrected chi connectivity index (χ2v) is 3.99. The summed E-state index contributed by atoms with van der Waals surface area (Å²) >= 11 is 0. The monoisotopic (exact) mass is 250 g/mol. The fourth-order valence-corrected chi connectivity index (χ4v) is 1.40. The summed E-state index contributed by atoms with van der Waals surface area (Å²) in [5, 5.41) is 19.4. The maximum Gasteiger partial charge on any atom is 0.335 e. The SMILES string of the molecule is CN(C)C=Cc1cc(C(=O)O)ccc1C[N+](=O)[O-]. The van der Waals surface area contributed by atoms with Gasteiger partial charge in [0.2, 0.25) is 6.54 Å². The van der Waals surface area contributed by atoms with Crippen molar-refractivity contribution in [2.24, 2.45) is 0 Å². The van der Waals surface area contributed by atoms with Crippen LogP contribution in [0.15, 0.2) is 24.4 Å². The van der Waals surface area contributed by atoms with E-state index in [-0.39, 0.29) is 12.1 Å². The lowest BCUT2D eigenvalue weighted by Crippen LogP contribution is -2.04. The van der Waals surface area contributed by atoms with Crippen molar-refractivity contribution in [1.82, 2.24) is 4.90 Å². The van der Waals surface area contributed by atoms with E-state index < -0.39 is 10.9 Å². The predicted octanol–water partition coefficient (Wildman–Crippen LogP) is 1.69. The molecule has 18 heavy (non-hydrogen) atoms. The minimum absolute atomic E-state index is 0.112. The first-order valence-electron chi connectivity index (χ1n) is 5.23. The summed E-state index contributed by atoms with van der Waals surface area (Å²) in [6, 6.07) is 4.27. The Morgan fingerprint density at radius 2 is 2.17 bits per heavy atom. The Morgan fingerprint density at radius 1 is 1.50 bits per heavy atom. The Balaban J connectivity index is 3.17. The number of carboxylic acid groups (broad SMARTS) is 1. The highest BCUT2D eigenvalue weighted by atomic mass is 16.6. The molecule has 6 nitrogen and oxygen atoms in total. The molecule has 6 heteroatoms. The normalized spacial score (nSPS) is 10.6. The van der Waals surface area contributed by atoms with Crippen LogP contribution in [0.2, 0.25) is 0 Å². The van der Waals surface area contributed by atoms with Gasteiger partial charge in [-0.3, -0.25) is 10.1 Å². The molecule has 0 saturated carbocycles. The molecule has 0 heterocycles. The lowest BCUT2D eigenvalue weighted by Gasteiger charge is -2.06. The van der Waals surface area contributed by atoms with Gasteiger partial charge < -0.3 is 10.0 Å². The van der Waals surface area contributed by atoms with Gasteiger partial charge in [-0.25, -0.2) is 4.79 Å². The van der Waals surface area contributed by atoms with E-state index in [0.717, 1.165) is 0 Å². The number of carbonyl (C=O) groups is 1. The zero-order valence-corrected chi connectivity index (χ0v) is 10.2. The Hall–Kier alpha value is -2.37. The Kier molecular flexibility index (Phi) is 4.42. The first-order chi connectivity index (χ1) is 8.40. The van der Waals surface area contributed by atoms with Gasteiger partial charge in [0.1, 0.15) is 0 Å². The fourth-order valence-electron chi connectivity index (χ4n) is 1.40. The third kappa shape index (κ3) is 3.89. The van der Waals surface area contributed by atoms with Crippen molar-refractivity contribution in [3.8, 4) is 0 Å². The van der Waals surface area contributed by atoms with E-state index in [1.54, 1.807) is 17.2 Å². The zero-order valence-electron chi connectivity index (χ0n) is 10.2. The van der Waals surface area contributed by atoms with Gasteiger partial charge in [0.05, 0.1) is 5.56 Å². The molecule has 1 aromatic rings. The minimum Gasteiger partial charge on any atom is -0.478 e. The van der Waals surface area contributed by atoms with E-state index in [1.807, 2.05) is 14.1 Å². The second kappa shape index (κ2) is 5.81. The van der Waals surface area contributed by atoms with Gasteiger partial charge in [-0.15, -0.1) is 0 Å². The van der Waals surface area contributed by atoms with Crippen molar-refractivity contribution >= 4 is 12.0 Å². The third-order valence-corrected chi connectivity index (χ3v) is 2.24. The molecule has 0 spiro atoms. The van der Waals surface area contributed by atoms with Crippen LogP contribution in [-0.4, -0.2) is 35.0 Å². The van der Waals surface area contributed by atoms with E-state index in [9.17, 15) is 14.9 Å². The van der Waals surface area contributed by atoms with Gasteiger partial charge in [-0.05, 0) is 30.0 Å². The summed E-state index contributed by atoms with van der Waals surface area (Å²) in [7, 11) is 3.62. The first kappa shape index (κ1) is 13.7. The van der Waals surface area contributed by atoms with Crippen LogP contribution in [0, 0.1) is 10.1 Å². The average Bonchev–Trinajstić information content (AvgIpc) is 2.26. The molecule has 0 radical (unpaired) electrons. The zero-order chi connectivity index (χ0) is 13.7. The largest absolute Gasteiger partial charge is 0.478 e. The van der Waals surface area contributed by atoms with E-state index >= 15 is 0 Å². The molecule has 96 valence electrons. The third-order valence-electron chi connectivity index (χ3n) is 2.24. The van der Waals surface area contributed by atoms with Crippen molar-refractivity contribution in [1.29, 1.82) is 0 Å². The Morgan fingerprint density at radius 3 is 2.67 bits per heavy atom. The van der Waals surface area contributed by atoms with E-state index in [0.29, 0.717) is 11.1 Å². The summed E-state index contributed by atoms with van der Waals surface area (Å²) < 4.78 is 0. The number of carboxylic acids is 1. The summed E-state index contributed by atoms with van der Waals surface area (Å²) in [6.45, 7) is -0.326. The van der Waals surface area contributed by atoms with E-state index in [4.69, 9.17) is 5.11 Å². The van der Waals surface area contributed by atoms with E-state index in [1.165, 1.54) is 18.2 Å². The average molecular weight is 250 g/mol. The minimum atomic E-state index is -1.05. The Bertz CT molecular complexity index is 495. The summed E-state index contributed by atoms with van der Waals surface area (Å²) in [4.78, 5) is 22.7. The van der Waals surface area contributed by atoms with Crippen molar-refractivity contribution in [3.63, 3.8) is 0 Å². The lowest BCUT2D eigenvalue weighted by atomic mass is 10.0. The number of aromatic carboxylic acids is 1. The molecule has 0 fully saturated rings. The van der Waals surface area contributed by atoms with Gasteiger partial charge >= 0.3 is 5.97 Å². The van der Waals surface area contributed by atoms with Crippen molar-refractivity contribution < 1.29 is 14.8 Å². The number of benzene rings is 1. The number of nitrogens with zero attached hydrogens (tertiary/aromatic N) is 2. The number of rotatable bonds is 5. The van der Waals surface area contributed by atoms with Gasteiger partial charge in [-0.1, -0.05) is 6.07 Å². The van der Waals surface area contributed by atoms with Crippen LogP contribution < -0.4 is 0 Å². The number of hydrogen-bond donors (Lipinski definition) is 1. The van der Waals surface area contributed by atoms with E-state index in [2.05, 4.69) is 0 Å². The van der Waals surface area contributed by atoms with Crippen LogP contribution in [0.5, 0.6) is 0 Å². The topological polar surface area (TPSA) is 83.7 Å². The quantitative estimate of drug-likeness (QED) is 0.635. The molecule has 0 atom stereocenters. The molecule has 0 unspecified atom stereocenters. The van der Waals surface area contributed by atoms with Crippen LogP contribution in [0.25, 0.3) is 6.08 Å². The standard InChI is InChI=1S/C12H14N2O4/c1-13(2)6-5-9-7-10(12(15)16)3-4-11(9)8-14(17)18/h3-7H,8H2,1-2H3,(H,15,16). The number of nitro groups is 1. The van der Waals surface area contributed by atoms with Crippen LogP contribution >= 0.6 is 0 Å². The number of hydrogen-bond acceptors (Lipinski definition) is 4. The fraction of sp³-hybridized carbons (Fsp3) is 0.250. The molecule has 0 bridgehead atoms. The molecule has 0 aromatic heterocycles. The Labute approximate surface area is 104 Å². The lowest BCUT2D eigenvalue weighted by molar-refractivity contribution is -0.496. The molecular formula is C12H14N2O4. The summed E-state index contributed by atoms with van der Waals surface area (Å²) in [6.07, 6.45) is 3.37. The smallest absolute Gasteiger partial charge is 0.335 e. The van der Waals surface area contributed by atoms with Gasteiger partial charge in [0.25, 0.3) is 0 Å². The van der Waals surface area contributed by atoms with Crippen molar-refractivity contribution in [3.05, 3.63) is 51.2 Å². The molecule has 1 N–H and O–H groups in total. The van der Waals surface area contributed by atoms with Crippen LogP contribution in [0.4, 0.5) is 0 Å².